The lowest BCUT2D eigenvalue weighted by Gasteiger charge is -2.42. The quantitative estimate of drug-likeness (QED) is 0.715. The highest BCUT2D eigenvalue weighted by Crippen LogP contribution is 2.34. The molecule has 5 atom stereocenters. The molecule has 94 valence electrons. The molecule has 5 unspecified atom stereocenters. The molecule has 0 saturated heterocycles. The zero-order valence-corrected chi connectivity index (χ0v) is 10.8. The molecule has 2 fully saturated rings. The summed E-state index contributed by atoms with van der Waals surface area (Å²) in [6.07, 6.45) is 6.37. The lowest BCUT2D eigenvalue weighted by molar-refractivity contribution is -0.152. The molecular weight excluding hydrogens is 228 g/mol. The molecule has 0 bridgehead atoms. The van der Waals surface area contributed by atoms with Gasteiger partial charge in [-0.15, -0.1) is 11.6 Å². The van der Waals surface area contributed by atoms with Crippen molar-refractivity contribution in [2.75, 3.05) is 14.2 Å². The van der Waals surface area contributed by atoms with Crippen molar-refractivity contribution in [1.29, 1.82) is 0 Å². The van der Waals surface area contributed by atoms with Crippen LogP contribution in [0.15, 0.2) is 0 Å². The van der Waals surface area contributed by atoms with Crippen LogP contribution in [0, 0.1) is 0 Å². The van der Waals surface area contributed by atoms with E-state index in [2.05, 4.69) is 0 Å². The predicted molar refractivity (Wildman–Crippen MR) is 63.0 cm³/mol. The van der Waals surface area contributed by atoms with Crippen LogP contribution in [0.2, 0.25) is 0 Å². The van der Waals surface area contributed by atoms with Gasteiger partial charge in [-0.05, 0) is 32.1 Å². The first kappa shape index (κ1) is 12.6. The third-order valence-corrected chi connectivity index (χ3v) is 4.16. The molecule has 16 heavy (non-hydrogen) atoms. The van der Waals surface area contributed by atoms with Crippen LogP contribution in [-0.2, 0) is 14.2 Å². The number of hydrogen-bond acceptors (Lipinski definition) is 3. The molecule has 0 radical (unpaired) electrons. The largest absolute Gasteiger partial charge is 0.381 e. The molecule has 0 aliphatic heterocycles. The van der Waals surface area contributed by atoms with Gasteiger partial charge in [-0.25, -0.2) is 0 Å². The molecule has 0 N–H and O–H groups in total. The van der Waals surface area contributed by atoms with E-state index in [1.54, 1.807) is 14.2 Å². The number of hydrogen-bond donors (Lipinski definition) is 0. The summed E-state index contributed by atoms with van der Waals surface area (Å²) in [6, 6.07) is 0. The first-order chi connectivity index (χ1) is 7.74. The van der Waals surface area contributed by atoms with Crippen molar-refractivity contribution in [2.24, 2.45) is 0 Å². The van der Waals surface area contributed by atoms with Crippen LogP contribution < -0.4 is 0 Å². The molecule has 2 aliphatic carbocycles. The average Bonchev–Trinajstić information content (AvgIpc) is 2.29. The minimum atomic E-state index is 0.0737. The van der Waals surface area contributed by atoms with Crippen LogP contribution in [0.3, 0.4) is 0 Å². The molecule has 2 saturated carbocycles. The normalized spacial score (nSPS) is 44.1. The van der Waals surface area contributed by atoms with Crippen LogP contribution in [0.4, 0.5) is 0 Å². The zero-order chi connectivity index (χ0) is 11.5. The van der Waals surface area contributed by atoms with Gasteiger partial charge in [0.1, 0.15) is 0 Å². The number of ether oxygens (including phenoxy) is 3. The van der Waals surface area contributed by atoms with Crippen molar-refractivity contribution < 1.29 is 14.2 Å². The SMILES string of the molecule is COC1CCCC(OC2CC(Cl)C2OC)C1. The van der Waals surface area contributed by atoms with Crippen LogP contribution in [0.1, 0.15) is 32.1 Å². The molecule has 0 spiro atoms. The summed E-state index contributed by atoms with van der Waals surface area (Å²) < 4.78 is 16.8. The molecule has 0 amide bonds. The monoisotopic (exact) mass is 248 g/mol. The van der Waals surface area contributed by atoms with Crippen molar-refractivity contribution >= 4 is 11.6 Å². The van der Waals surface area contributed by atoms with Gasteiger partial charge in [0.25, 0.3) is 0 Å². The molecule has 0 heterocycles. The predicted octanol–water partition coefficient (Wildman–Crippen LogP) is 2.36. The summed E-state index contributed by atoms with van der Waals surface area (Å²) >= 11 is 6.05. The lowest BCUT2D eigenvalue weighted by Crippen LogP contribution is -2.52. The van der Waals surface area contributed by atoms with Gasteiger partial charge < -0.3 is 14.2 Å². The zero-order valence-electron chi connectivity index (χ0n) is 10.0. The van der Waals surface area contributed by atoms with Gasteiger partial charge in [0.2, 0.25) is 0 Å². The first-order valence-electron chi connectivity index (χ1n) is 6.09. The van der Waals surface area contributed by atoms with Gasteiger partial charge in [0.15, 0.2) is 0 Å². The summed E-state index contributed by atoms with van der Waals surface area (Å²) in [6.45, 7) is 0. The Morgan fingerprint density at radius 1 is 1.00 bits per heavy atom. The van der Waals surface area contributed by atoms with Gasteiger partial charge in [0.05, 0.1) is 29.8 Å². The van der Waals surface area contributed by atoms with Crippen molar-refractivity contribution in [1.82, 2.24) is 0 Å². The average molecular weight is 249 g/mol. The number of alkyl halides is 1. The Morgan fingerprint density at radius 2 is 1.75 bits per heavy atom. The van der Waals surface area contributed by atoms with Crippen LogP contribution >= 0.6 is 11.6 Å². The smallest absolute Gasteiger partial charge is 0.0997 e. The van der Waals surface area contributed by atoms with E-state index in [1.807, 2.05) is 0 Å². The van der Waals surface area contributed by atoms with Gasteiger partial charge >= 0.3 is 0 Å². The highest BCUT2D eigenvalue weighted by atomic mass is 35.5. The van der Waals surface area contributed by atoms with E-state index in [0.29, 0.717) is 12.2 Å². The van der Waals surface area contributed by atoms with E-state index >= 15 is 0 Å². The van der Waals surface area contributed by atoms with Crippen molar-refractivity contribution in [3.63, 3.8) is 0 Å². The van der Waals surface area contributed by atoms with Gasteiger partial charge in [-0.2, -0.15) is 0 Å². The molecular formula is C12H21ClO3. The van der Waals surface area contributed by atoms with E-state index in [-0.39, 0.29) is 17.6 Å². The highest BCUT2D eigenvalue weighted by Gasteiger charge is 2.42. The maximum atomic E-state index is 6.05. The minimum Gasteiger partial charge on any atom is -0.381 e. The third kappa shape index (κ3) is 2.70. The van der Waals surface area contributed by atoms with E-state index in [4.69, 9.17) is 25.8 Å². The third-order valence-electron chi connectivity index (χ3n) is 3.73. The van der Waals surface area contributed by atoms with Crippen molar-refractivity contribution in [3.8, 4) is 0 Å². The van der Waals surface area contributed by atoms with Gasteiger partial charge in [-0.1, -0.05) is 0 Å². The van der Waals surface area contributed by atoms with E-state index in [0.717, 1.165) is 25.7 Å². The maximum absolute atomic E-state index is 6.05. The van der Waals surface area contributed by atoms with Crippen LogP contribution in [0.25, 0.3) is 0 Å². The molecule has 3 nitrogen and oxygen atoms in total. The van der Waals surface area contributed by atoms with Crippen LogP contribution in [0.5, 0.6) is 0 Å². The van der Waals surface area contributed by atoms with E-state index < -0.39 is 0 Å². The first-order valence-corrected chi connectivity index (χ1v) is 6.53. The molecule has 4 heteroatoms. The molecule has 2 rings (SSSR count). The number of rotatable bonds is 4. The van der Waals surface area contributed by atoms with Crippen molar-refractivity contribution in [2.45, 2.75) is 61.9 Å². The molecule has 0 aromatic rings. The summed E-state index contributed by atoms with van der Waals surface area (Å²) in [5.41, 5.74) is 0. The Labute approximate surface area is 102 Å². The Kier molecular flexibility index (Phi) is 4.48. The topological polar surface area (TPSA) is 27.7 Å². The van der Waals surface area contributed by atoms with Gasteiger partial charge in [-0.3, -0.25) is 0 Å². The van der Waals surface area contributed by atoms with E-state index in [1.165, 1.54) is 6.42 Å². The second kappa shape index (κ2) is 5.67. The Hall–Kier alpha value is 0.170. The van der Waals surface area contributed by atoms with Crippen LogP contribution in [-0.4, -0.2) is 44.0 Å². The Balaban J connectivity index is 1.77. The summed E-state index contributed by atoms with van der Waals surface area (Å²) in [4.78, 5) is 0. The Morgan fingerprint density at radius 3 is 2.38 bits per heavy atom. The summed E-state index contributed by atoms with van der Waals surface area (Å²) in [5.74, 6) is 0. The number of halogens is 1. The summed E-state index contributed by atoms with van der Waals surface area (Å²) in [5, 5.41) is 0.122. The van der Waals surface area contributed by atoms with E-state index in [9.17, 15) is 0 Å². The fourth-order valence-electron chi connectivity index (χ4n) is 2.65. The summed E-state index contributed by atoms with van der Waals surface area (Å²) in [7, 11) is 3.48. The molecule has 2 aliphatic rings. The standard InChI is InChI=1S/C12H21ClO3/c1-14-8-4-3-5-9(6-8)16-11-7-10(13)12(11)15-2/h8-12H,3-7H2,1-2H3. The maximum Gasteiger partial charge on any atom is 0.0997 e. The van der Waals surface area contributed by atoms with Crippen molar-refractivity contribution in [3.05, 3.63) is 0 Å². The fraction of sp³-hybridized carbons (Fsp3) is 1.00. The number of methoxy groups -OCH3 is 2. The van der Waals surface area contributed by atoms with Gasteiger partial charge in [0, 0.05) is 14.2 Å². The lowest BCUT2D eigenvalue weighted by atomic mass is 9.89. The highest BCUT2D eigenvalue weighted by molar-refractivity contribution is 6.21. The Bertz CT molecular complexity index is 224. The molecule has 0 aromatic heterocycles. The molecule has 0 aromatic carbocycles. The fourth-order valence-corrected chi connectivity index (χ4v) is 3.09. The minimum absolute atomic E-state index is 0.0737. The second-order valence-corrected chi connectivity index (χ2v) is 5.33. The second-order valence-electron chi connectivity index (χ2n) is 4.77.